The summed E-state index contributed by atoms with van der Waals surface area (Å²) in [5, 5.41) is 0. The quantitative estimate of drug-likeness (QED) is 0.667. The second-order valence-electron chi connectivity index (χ2n) is 3.88. The van der Waals surface area contributed by atoms with Gasteiger partial charge in [-0.15, -0.1) is 0 Å². The largest absolute Gasteiger partial charge is 0.383 e. The Balaban J connectivity index is 2.36. The van der Waals surface area contributed by atoms with E-state index in [1.54, 1.807) is 7.11 Å². The topological polar surface area (TPSA) is 55.6 Å². The Hall–Kier alpha value is -0.610. The molecule has 1 aliphatic carbocycles. The van der Waals surface area contributed by atoms with Crippen LogP contribution in [0.2, 0.25) is 0 Å². The number of ether oxygens (including phenoxy) is 1. The number of nitrogens with zero attached hydrogens (tertiary/aromatic N) is 1. The van der Waals surface area contributed by atoms with Crippen LogP contribution in [-0.4, -0.2) is 43.7 Å². The van der Waals surface area contributed by atoms with Crippen molar-refractivity contribution in [2.45, 2.75) is 25.8 Å². The van der Waals surface area contributed by atoms with E-state index in [2.05, 4.69) is 0 Å². The maximum Gasteiger partial charge on any atom is 0.241 e. The van der Waals surface area contributed by atoms with Crippen LogP contribution < -0.4 is 5.73 Å². The van der Waals surface area contributed by atoms with Crippen molar-refractivity contribution in [2.24, 2.45) is 11.7 Å². The average molecular weight is 200 g/mol. The van der Waals surface area contributed by atoms with Crippen molar-refractivity contribution in [3.8, 4) is 0 Å². The van der Waals surface area contributed by atoms with E-state index in [1.807, 2.05) is 11.8 Å². The molecular weight excluding hydrogens is 180 g/mol. The molecule has 4 heteroatoms. The fourth-order valence-electron chi connectivity index (χ4n) is 1.47. The van der Waals surface area contributed by atoms with E-state index in [0.29, 0.717) is 12.5 Å². The van der Waals surface area contributed by atoms with Crippen molar-refractivity contribution in [3.05, 3.63) is 0 Å². The van der Waals surface area contributed by atoms with E-state index in [0.717, 1.165) is 13.1 Å². The van der Waals surface area contributed by atoms with Crippen molar-refractivity contribution in [1.29, 1.82) is 0 Å². The minimum absolute atomic E-state index is 0.0150. The molecule has 0 spiro atoms. The van der Waals surface area contributed by atoms with Crippen LogP contribution in [0.15, 0.2) is 0 Å². The van der Waals surface area contributed by atoms with E-state index >= 15 is 0 Å². The van der Waals surface area contributed by atoms with E-state index in [-0.39, 0.29) is 5.91 Å². The standard InChI is InChI=1S/C10H20N2O2/c1-3-12(6-8-4-5-8)10(13)9(11)7-14-2/h8-9H,3-7,11H2,1-2H3. The van der Waals surface area contributed by atoms with Crippen LogP contribution in [0.4, 0.5) is 0 Å². The van der Waals surface area contributed by atoms with Crippen molar-refractivity contribution in [1.82, 2.24) is 4.90 Å². The van der Waals surface area contributed by atoms with Crippen LogP contribution in [0.3, 0.4) is 0 Å². The third-order valence-corrected chi connectivity index (χ3v) is 2.53. The molecule has 0 aromatic heterocycles. The van der Waals surface area contributed by atoms with Crippen LogP contribution in [0, 0.1) is 5.92 Å². The van der Waals surface area contributed by atoms with E-state index in [9.17, 15) is 4.79 Å². The molecule has 82 valence electrons. The van der Waals surface area contributed by atoms with Gasteiger partial charge in [-0.25, -0.2) is 0 Å². The van der Waals surface area contributed by atoms with Gasteiger partial charge in [0.25, 0.3) is 0 Å². The number of rotatable bonds is 6. The summed E-state index contributed by atoms with van der Waals surface area (Å²) < 4.78 is 4.87. The first-order valence-electron chi connectivity index (χ1n) is 5.22. The molecule has 0 heterocycles. The second kappa shape index (κ2) is 5.32. The highest BCUT2D eigenvalue weighted by Gasteiger charge is 2.27. The number of nitrogens with two attached hydrogens (primary N) is 1. The predicted octanol–water partition coefficient (Wildman–Crippen LogP) is 0.219. The van der Waals surface area contributed by atoms with Crippen molar-refractivity contribution >= 4 is 5.91 Å². The molecule has 14 heavy (non-hydrogen) atoms. The molecule has 1 unspecified atom stereocenters. The molecule has 0 aromatic carbocycles. The molecular formula is C10H20N2O2. The van der Waals surface area contributed by atoms with Gasteiger partial charge in [0.05, 0.1) is 6.61 Å². The first-order valence-corrected chi connectivity index (χ1v) is 5.22. The van der Waals surface area contributed by atoms with Gasteiger partial charge in [-0.05, 0) is 25.7 Å². The smallest absolute Gasteiger partial charge is 0.241 e. The number of hydrogen-bond acceptors (Lipinski definition) is 3. The van der Waals surface area contributed by atoms with Crippen molar-refractivity contribution < 1.29 is 9.53 Å². The van der Waals surface area contributed by atoms with Gasteiger partial charge in [0.15, 0.2) is 0 Å². The van der Waals surface area contributed by atoms with E-state index in [1.165, 1.54) is 12.8 Å². The normalized spacial score (nSPS) is 17.9. The minimum Gasteiger partial charge on any atom is -0.383 e. The molecule has 0 bridgehead atoms. The Bertz CT molecular complexity index is 193. The molecule has 1 saturated carbocycles. The van der Waals surface area contributed by atoms with Crippen molar-refractivity contribution in [2.75, 3.05) is 26.8 Å². The minimum atomic E-state index is -0.501. The number of methoxy groups -OCH3 is 1. The van der Waals surface area contributed by atoms with Crippen LogP contribution in [0.25, 0.3) is 0 Å². The number of amides is 1. The van der Waals surface area contributed by atoms with Gasteiger partial charge >= 0.3 is 0 Å². The zero-order valence-corrected chi connectivity index (χ0v) is 9.03. The van der Waals surface area contributed by atoms with Gasteiger partial charge in [-0.2, -0.15) is 0 Å². The number of carbonyl (C=O) groups is 1. The van der Waals surface area contributed by atoms with Gasteiger partial charge < -0.3 is 15.4 Å². The summed E-state index contributed by atoms with van der Waals surface area (Å²) in [5.41, 5.74) is 5.68. The van der Waals surface area contributed by atoms with Gasteiger partial charge in [0, 0.05) is 20.2 Å². The highest BCUT2D eigenvalue weighted by molar-refractivity contribution is 5.81. The summed E-state index contributed by atoms with van der Waals surface area (Å²) in [7, 11) is 1.56. The summed E-state index contributed by atoms with van der Waals surface area (Å²) in [6.45, 7) is 3.90. The molecule has 1 atom stereocenters. The fourth-order valence-corrected chi connectivity index (χ4v) is 1.47. The Labute approximate surface area is 85.4 Å². The zero-order chi connectivity index (χ0) is 10.6. The van der Waals surface area contributed by atoms with Gasteiger partial charge in [-0.3, -0.25) is 4.79 Å². The van der Waals surface area contributed by atoms with E-state index < -0.39 is 6.04 Å². The average Bonchev–Trinajstić information content (AvgIpc) is 2.97. The Morgan fingerprint density at radius 1 is 1.64 bits per heavy atom. The molecule has 1 rings (SSSR count). The maximum atomic E-state index is 11.7. The lowest BCUT2D eigenvalue weighted by molar-refractivity contribution is -0.133. The lowest BCUT2D eigenvalue weighted by Crippen LogP contribution is -2.46. The third kappa shape index (κ3) is 3.27. The summed E-state index contributed by atoms with van der Waals surface area (Å²) >= 11 is 0. The molecule has 0 saturated heterocycles. The second-order valence-corrected chi connectivity index (χ2v) is 3.88. The Morgan fingerprint density at radius 3 is 2.71 bits per heavy atom. The lowest BCUT2D eigenvalue weighted by atomic mass is 10.2. The number of hydrogen-bond donors (Lipinski definition) is 1. The maximum absolute atomic E-state index is 11.7. The predicted molar refractivity (Wildman–Crippen MR) is 54.8 cm³/mol. The molecule has 1 amide bonds. The van der Waals surface area contributed by atoms with Crippen molar-refractivity contribution in [3.63, 3.8) is 0 Å². The molecule has 0 aliphatic heterocycles. The Kier molecular flexibility index (Phi) is 4.35. The number of carbonyl (C=O) groups excluding carboxylic acids is 1. The van der Waals surface area contributed by atoms with Crippen LogP contribution in [0.1, 0.15) is 19.8 Å². The number of likely N-dealkylation sites (N-methyl/N-ethyl adjacent to an activating group) is 1. The van der Waals surface area contributed by atoms with Gasteiger partial charge in [0.1, 0.15) is 6.04 Å². The molecule has 0 aromatic rings. The summed E-state index contributed by atoms with van der Waals surface area (Å²) in [6.07, 6.45) is 2.51. The zero-order valence-electron chi connectivity index (χ0n) is 9.03. The van der Waals surface area contributed by atoms with Crippen LogP contribution in [0.5, 0.6) is 0 Å². The lowest BCUT2D eigenvalue weighted by Gasteiger charge is -2.23. The molecule has 2 N–H and O–H groups in total. The third-order valence-electron chi connectivity index (χ3n) is 2.53. The van der Waals surface area contributed by atoms with Gasteiger partial charge in [-0.1, -0.05) is 0 Å². The molecule has 0 radical (unpaired) electrons. The highest BCUT2D eigenvalue weighted by Crippen LogP contribution is 2.29. The van der Waals surface area contributed by atoms with Crippen LogP contribution >= 0.6 is 0 Å². The fraction of sp³-hybridized carbons (Fsp3) is 0.900. The monoisotopic (exact) mass is 200 g/mol. The van der Waals surface area contributed by atoms with Crippen LogP contribution in [-0.2, 0) is 9.53 Å². The summed E-state index contributed by atoms with van der Waals surface area (Å²) in [4.78, 5) is 13.6. The first kappa shape index (κ1) is 11.5. The van der Waals surface area contributed by atoms with E-state index in [4.69, 9.17) is 10.5 Å². The summed E-state index contributed by atoms with van der Waals surface area (Å²) in [5.74, 6) is 0.731. The molecule has 4 nitrogen and oxygen atoms in total. The SMILES string of the molecule is CCN(CC1CC1)C(=O)C(N)COC. The summed E-state index contributed by atoms with van der Waals surface area (Å²) in [6, 6.07) is -0.501. The Morgan fingerprint density at radius 2 is 2.29 bits per heavy atom. The molecule has 1 aliphatic rings. The highest BCUT2D eigenvalue weighted by atomic mass is 16.5. The van der Waals surface area contributed by atoms with Gasteiger partial charge in [0.2, 0.25) is 5.91 Å². The first-order chi connectivity index (χ1) is 6.69. The molecule has 1 fully saturated rings.